The van der Waals surface area contributed by atoms with Gasteiger partial charge in [-0.15, -0.1) is 10.2 Å². The van der Waals surface area contributed by atoms with Gasteiger partial charge in [0, 0.05) is 12.3 Å². The summed E-state index contributed by atoms with van der Waals surface area (Å²) in [5.41, 5.74) is 1.85. The number of rotatable bonds is 7. The molecule has 1 aromatic carbocycles. The van der Waals surface area contributed by atoms with E-state index in [9.17, 15) is 4.79 Å². The molecule has 0 bridgehead atoms. The highest BCUT2D eigenvalue weighted by Crippen LogP contribution is 2.27. The number of hydrogen-bond acceptors (Lipinski definition) is 6. The fraction of sp³-hybridized carbons (Fsp3) is 0.350. The van der Waals surface area contributed by atoms with Crippen LogP contribution in [0.25, 0.3) is 11.6 Å². The van der Waals surface area contributed by atoms with E-state index in [0.717, 1.165) is 30.7 Å². The monoisotopic (exact) mass is 398 g/mol. The lowest BCUT2D eigenvalue weighted by Crippen LogP contribution is -2.18. The van der Waals surface area contributed by atoms with Crippen molar-refractivity contribution in [2.45, 2.75) is 37.6 Å². The fourth-order valence-electron chi connectivity index (χ4n) is 3.17. The molecule has 1 N–H and O–H groups in total. The molecule has 28 heavy (non-hydrogen) atoms. The predicted molar refractivity (Wildman–Crippen MR) is 107 cm³/mol. The number of carbonyl (C=O) groups excluding carboxylic acids is 1. The Bertz CT molecular complexity index is 933. The molecule has 1 amide bonds. The Kier molecular flexibility index (Phi) is 5.78. The number of carbonyl (C=O) groups is 1. The van der Waals surface area contributed by atoms with Gasteiger partial charge in [0.2, 0.25) is 11.7 Å². The Hall–Kier alpha value is -2.58. The molecule has 2 aromatic heterocycles. The van der Waals surface area contributed by atoms with Crippen LogP contribution in [0.2, 0.25) is 0 Å². The highest BCUT2D eigenvalue weighted by Gasteiger charge is 2.23. The summed E-state index contributed by atoms with van der Waals surface area (Å²) in [7, 11) is 0. The average Bonchev–Trinajstić information content (AvgIpc) is 3.44. The van der Waals surface area contributed by atoms with E-state index in [1.807, 2.05) is 47.9 Å². The third-order valence-electron chi connectivity index (χ3n) is 4.62. The average molecular weight is 398 g/mol. The maximum atomic E-state index is 12.4. The first-order chi connectivity index (χ1) is 13.7. The molecule has 4 rings (SSSR count). The van der Waals surface area contributed by atoms with Crippen molar-refractivity contribution in [3.05, 3.63) is 48.2 Å². The highest BCUT2D eigenvalue weighted by atomic mass is 32.2. The van der Waals surface area contributed by atoms with E-state index in [-0.39, 0.29) is 17.8 Å². The van der Waals surface area contributed by atoms with Gasteiger partial charge in [0.15, 0.2) is 10.9 Å². The van der Waals surface area contributed by atoms with Crippen molar-refractivity contribution in [2.75, 3.05) is 17.7 Å². The van der Waals surface area contributed by atoms with E-state index in [0.29, 0.717) is 23.3 Å². The molecule has 3 aromatic rings. The fourth-order valence-corrected chi connectivity index (χ4v) is 3.92. The van der Waals surface area contributed by atoms with Gasteiger partial charge < -0.3 is 14.5 Å². The highest BCUT2D eigenvalue weighted by molar-refractivity contribution is 7.99. The number of aryl methyl sites for hydroxylation is 1. The van der Waals surface area contributed by atoms with Crippen LogP contribution in [0.15, 0.2) is 52.2 Å². The zero-order chi connectivity index (χ0) is 19.3. The number of hydrogen-bond donors (Lipinski definition) is 1. The molecule has 0 spiro atoms. The van der Waals surface area contributed by atoms with Crippen LogP contribution in [-0.4, -0.2) is 39.1 Å². The predicted octanol–water partition coefficient (Wildman–Crippen LogP) is 3.76. The molecule has 8 heteroatoms. The van der Waals surface area contributed by atoms with Crippen LogP contribution in [0.5, 0.6) is 0 Å². The molecule has 1 atom stereocenters. The standard InChI is InChI=1S/C20H22N4O3S/c1-14-6-2-3-8-16(14)21-18(25)13-28-20-23-22-19(17-9-5-11-27-17)24(20)12-15-7-4-10-26-15/h2-3,5-6,8-9,11,15H,4,7,10,12-13H2,1H3,(H,21,25). The van der Waals surface area contributed by atoms with Crippen LogP contribution < -0.4 is 5.32 Å². The van der Waals surface area contributed by atoms with Crippen LogP contribution in [0.4, 0.5) is 5.69 Å². The van der Waals surface area contributed by atoms with Crippen LogP contribution in [-0.2, 0) is 16.1 Å². The molecular weight excluding hydrogens is 376 g/mol. The molecule has 7 nitrogen and oxygen atoms in total. The second-order valence-electron chi connectivity index (χ2n) is 6.68. The quantitative estimate of drug-likeness (QED) is 0.610. The number of ether oxygens (including phenoxy) is 1. The molecule has 146 valence electrons. The lowest BCUT2D eigenvalue weighted by molar-refractivity contribution is -0.113. The van der Waals surface area contributed by atoms with Crippen LogP contribution in [0.1, 0.15) is 18.4 Å². The first-order valence-corrected chi connectivity index (χ1v) is 10.3. The molecule has 0 saturated carbocycles. The molecule has 1 aliphatic rings. The van der Waals surface area contributed by atoms with Crippen molar-refractivity contribution in [3.63, 3.8) is 0 Å². The van der Waals surface area contributed by atoms with E-state index >= 15 is 0 Å². The van der Waals surface area contributed by atoms with Gasteiger partial charge in [0.05, 0.1) is 24.7 Å². The van der Waals surface area contributed by atoms with Gasteiger partial charge >= 0.3 is 0 Å². The zero-order valence-electron chi connectivity index (χ0n) is 15.6. The van der Waals surface area contributed by atoms with Crippen molar-refractivity contribution >= 4 is 23.4 Å². The van der Waals surface area contributed by atoms with E-state index in [1.54, 1.807) is 6.26 Å². The third-order valence-corrected chi connectivity index (χ3v) is 5.59. The molecule has 3 heterocycles. The topological polar surface area (TPSA) is 82.2 Å². The molecule has 1 aliphatic heterocycles. The van der Waals surface area contributed by atoms with E-state index in [2.05, 4.69) is 15.5 Å². The SMILES string of the molecule is Cc1ccccc1NC(=O)CSc1nnc(-c2ccco2)n1CC1CCCO1. The number of aromatic nitrogens is 3. The summed E-state index contributed by atoms with van der Waals surface area (Å²) in [6, 6.07) is 11.4. The Morgan fingerprint density at radius 3 is 2.93 bits per heavy atom. The summed E-state index contributed by atoms with van der Waals surface area (Å²) in [6.45, 7) is 3.39. The largest absolute Gasteiger partial charge is 0.461 e. The second kappa shape index (κ2) is 8.62. The van der Waals surface area contributed by atoms with Crippen molar-refractivity contribution < 1.29 is 13.9 Å². The number of para-hydroxylation sites is 1. The maximum absolute atomic E-state index is 12.4. The van der Waals surface area contributed by atoms with Gasteiger partial charge in [-0.3, -0.25) is 9.36 Å². The molecule has 1 fully saturated rings. The van der Waals surface area contributed by atoms with Crippen molar-refractivity contribution in [1.29, 1.82) is 0 Å². The summed E-state index contributed by atoms with van der Waals surface area (Å²) in [5, 5.41) is 12.2. The van der Waals surface area contributed by atoms with Gasteiger partial charge in [-0.05, 0) is 43.5 Å². The van der Waals surface area contributed by atoms with E-state index in [1.165, 1.54) is 11.8 Å². The van der Waals surface area contributed by atoms with Crippen LogP contribution >= 0.6 is 11.8 Å². The Balaban J connectivity index is 1.47. The summed E-state index contributed by atoms with van der Waals surface area (Å²) < 4.78 is 13.3. The number of furan rings is 1. The molecule has 1 unspecified atom stereocenters. The van der Waals surface area contributed by atoms with E-state index in [4.69, 9.17) is 9.15 Å². The Morgan fingerprint density at radius 2 is 2.18 bits per heavy atom. The number of benzene rings is 1. The lowest BCUT2D eigenvalue weighted by atomic mass is 10.2. The Morgan fingerprint density at radius 1 is 1.29 bits per heavy atom. The van der Waals surface area contributed by atoms with E-state index < -0.39 is 0 Å². The Labute approximate surface area is 167 Å². The summed E-state index contributed by atoms with van der Waals surface area (Å²) in [4.78, 5) is 12.4. The van der Waals surface area contributed by atoms with Crippen LogP contribution in [0, 0.1) is 6.92 Å². The van der Waals surface area contributed by atoms with Crippen molar-refractivity contribution in [1.82, 2.24) is 14.8 Å². The molecule has 0 radical (unpaired) electrons. The van der Waals surface area contributed by atoms with Crippen molar-refractivity contribution in [3.8, 4) is 11.6 Å². The first-order valence-electron chi connectivity index (χ1n) is 9.27. The first kappa shape index (κ1) is 18.8. The second-order valence-corrected chi connectivity index (χ2v) is 7.62. The minimum absolute atomic E-state index is 0.0782. The summed E-state index contributed by atoms with van der Waals surface area (Å²) in [6.07, 6.45) is 3.81. The number of nitrogens with one attached hydrogen (secondary N) is 1. The van der Waals surface area contributed by atoms with Gasteiger partial charge in [-0.1, -0.05) is 30.0 Å². The molecular formula is C20H22N4O3S. The summed E-state index contributed by atoms with van der Waals surface area (Å²) in [5.74, 6) is 1.48. The number of anilines is 1. The maximum Gasteiger partial charge on any atom is 0.234 e. The normalized spacial score (nSPS) is 16.4. The van der Waals surface area contributed by atoms with Gasteiger partial charge in [-0.25, -0.2) is 0 Å². The minimum Gasteiger partial charge on any atom is -0.461 e. The van der Waals surface area contributed by atoms with Gasteiger partial charge in [-0.2, -0.15) is 0 Å². The zero-order valence-corrected chi connectivity index (χ0v) is 16.4. The lowest BCUT2D eigenvalue weighted by Gasteiger charge is -2.14. The number of amides is 1. The van der Waals surface area contributed by atoms with Crippen molar-refractivity contribution in [2.24, 2.45) is 0 Å². The number of thioether (sulfide) groups is 1. The number of nitrogens with zero attached hydrogens (tertiary/aromatic N) is 3. The van der Waals surface area contributed by atoms with Crippen LogP contribution in [0.3, 0.4) is 0 Å². The minimum atomic E-state index is -0.0782. The summed E-state index contributed by atoms with van der Waals surface area (Å²) >= 11 is 1.36. The van der Waals surface area contributed by atoms with Gasteiger partial charge in [0.1, 0.15) is 0 Å². The smallest absolute Gasteiger partial charge is 0.234 e. The molecule has 1 saturated heterocycles. The van der Waals surface area contributed by atoms with Gasteiger partial charge in [0.25, 0.3) is 0 Å². The molecule has 0 aliphatic carbocycles. The third kappa shape index (κ3) is 4.28.